The molecule has 2 nitrogen and oxygen atoms in total. The highest BCUT2D eigenvalue weighted by Gasteiger charge is 2.02. The highest BCUT2D eigenvalue weighted by molar-refractivity contribution is 5.29. The number of hydrogen-bond acceptors (Lipinski definition) is 2. The zero-order chi connectivity index (χ0) is 12.0. The van der Waals surface area contributed by atoms with Crippen LogP contribution in [0.1, 0.15) is 38.3 Å². The van der Waals surface area contributed by atoms with E-state index in [9.17, 15) is 0 Å². The molecule has 0 saturated carbocycles. The van der Waals surface area contributed by atoms with Crippen molar-refractivity contribution >= 4 is 0 Å². The van der Waals surface area contributed by atoms with E-state index in [-0.39, 0.29) is 6.04 Å². The van der Waals surface area contributed by atoms with Gasteiger partial charge >= 0.3 is 0 Å². The first-order valence-corrected chi connectivity index (χ1v) is 5.76. The molecule has 0 amide bonds. The lowest BCUT2D eigenvalue weighted by molar-refractivity contribution is 0.321. The topological polar surface area (TPSA) is 35.2 Å². The van der Waals surface area contributed by atoms with E-state index < -0.39 is 0 Å². The van der Waals surface area contributed by atoms with Gasteiger partial charge in [-0.2, -0.15) is 0 Å². The monoisotopic (exact) mass is 219 g/mol. The first-order chi connectivity index (χ1) is 7.63. The molecule has 16 heavy (non-hydrogen) atoms. The van der Waals surface area contributed by atoms with E-state index in [0.29, 0.717) is 6.61 Å². The van der Waals surface area contributed by atoms with Crippen LogP contribution in [0.25, 0.3) is 0 Å². The Bertz CT molecular complexity index is 329. The van der Waals surface area contributed by atoms with Gasteiger partial charge in [-0.15, -0.1) is 6.58 Å². The second kappa shape index (κ2) is 6.33. The Morgan fingerprint density at radius 3 is 2.50 bits per heavy atom. The van der Waals surface area contributed by atoms with Crippen molar-refractivity contribution < 1.29 is 4.74 Å². The van der Waals surface area contributed by atoms with E-state index in [0.717, 1.165) is 29.7 Å². The van der Waals surface area contributed by atoms with Crippen molar-refractivity contribution in [1.29, 1.82) is 0 Å². The zero-order valence-corrected chi connectivity index (χ0v) is 10.2. The lowest BCUT2D eigenvalue weighted by atomic mass is 10.1. The summed E-state index contributed by atoms with van der Waals surface area (Å²) in [6, 6.07) is 8.14. The van der Waals surface area contributed by atoms with Gasteiger partial charge in [0, 0.05) is 12.5 Å². The molecule has 2 N–H and O–H groups in total. The third-order valence-corrected chi connectivity index (χ3v) is 2.55. The summed E-state index contributed by atoms with van der Waals surface area (Å²) >= 11 is 0. The second-order valence-electron chi connectivity index (χ2n) is 4.14. The van der Waals surface area contributed by atoms with Crippen molar-refractivity contribution in [2.75, 3.05) is 6.61 Å². The Labute approximate surface area is 98.1 Å². The smallest absolute Gasteiger partial charge is 0.119 e. The normalized spacial score (nSPS) is 12.2. The van der Waals surface area contributed by atoms with Crippen molar-refractivity contribution in [3.63, 3.8) is 0 Å². The Morgan fingerprint density at radius 2 is 2.00 bits per heavy atom. The van der Waals surface area contributed by atoms with Gasteiger partial charge in [-0.1, -0.05) is 24.6 Å². The molecular formula is C14H21NO. The minimum Gasteiger partial charge on any atom is -0.493 e. The molecule has 0 heterocycles. The van der Waals surface area contributed by atoms with Crippen molar-refractivity contribution in [1.82, 2.24) is 0 Å². The Kier molecular flexibility index (Phi) is 5.06. The predicted octanol–water partition coefficient (Wildman–Crippen LogP) is 3.44. The number of hydrogen-bond donors (Lipinski definition) is 1. The van der Waals surface area contributed by atoms with Crippen LogP contribution in [-0.2, 0) is 0 Å². The van der Waals surface area contributed by atoms with Crippen molar-refractivity contribution in [3.8, 4) is 5.75 Å². The lowest BCUT2D eigenvalue weighted by Crippen LogP contribution is -2.08. The highest BCUT2D eigenvalue weighted by Crippen LogP contribution is 2.18. The van der Waals surface area contributed by atoms with Crippen LogP contribution in [0.15, 0.2) is 36.4 Å². The van der Waals surface area contributed by atoms with Gasteiger partial charge in [-0.05, 0) is 31.0 Å². The summed E-state index contributed by atoms with van der Waals surface area (Å²) in [5.74, 6) is 0.897. The molecule has 0 unspecified atom stereocenters. The Balaban J connectivity index is 2.48. The number of ether oxygens (including phenoxy) is 1. The summed E-state index contributed by atoms with van der Waals surface area (Å²) in [4.78, 5) is 0. The molecule has 0 radical (unpaired) electrons. The molecule has 1 aromatic carbocycles. The summed E-state index contributed by atoms with van der Waals surface area (Å²) in [5.41, 5.74) is 8.24. The van der Waals surface area contributed by atoms with Crippen LogP contribution in [0.4, 0.5) is 0 Å². The summed E-state index contributed by atoms with van der Waals surface area (Å²) < 4.78 is 5.58. The molecule has 0 aromatic heterocycles. The van der Waals surface area contributed by atoms with Gasteiger partial charge in [-0.25, -0.2) is 0 Å². The third-order valence-electron chi connectivity index (χ3n) is 2.55. The van der Waals surface area contributed by atoms with Gasteiger partial charge in [0.1, 0.15) is 5.75 Å². The van der Waals surface area contributed by atoms with Gasteiger partial charge in [0.25, 0.3) is 0 Å². The number of rotatable bonds is 6. The van der Waals surface area contributed by atoms with Crippen LogP contribution in [0.2, 0.25) is 0 Å². The summed E-state index contributed by atoms with van der Waals surface area (Å²) in [6.45, 7) is 8.62. The molecule has 1 atom stereocenters. The quantitative estimate of drug-likeness (QED) is 0.744. The molecule has 0 aliphatic rings. The summed E-state index contributed by atoms with van der Waals surface area (Å²) in [6.07, 6.45) is 1.85. The molecule has 0 aliphatic carbocycles. The molecule has 0 bridgehead atoms. The van der Waals surface area contributed by atoms with E-state index in [1.165, 1.54) is 0 Å². The van der Waals surface area contributed by atoms with E-state index in [1.807, 2.05) is 31.2 Å². The number of benzene rings is 1. The van der Waals surface area contributed by atoms with Crippen LogP contribution in [-0.4, -0.2) is 6.61 Å². The average molecular weight is 219 g/mol. The lowest BCUT2D eigenvalue weighted by Gasteiger charge is -2.10. The molecule has 0 spiro atoms. The molecule has 1 aromatic rings. The standard InChI is InChI=1S/C14H21NO/c1-4-14(15)12-5-7-13(8-6-12)16-10-9-11(2)3/h5-8,14H,2,4,9-10,15H2,1,3H3/t14-/m0/s1. The molecular weight excluding hydrogens is 198 g/mol. The molecule has 88 valence electrons. The van der Waals surface area contributed by atoms with Gasteiger partial charge < -0.3 is 10.5 Å². The first kappa shape index (κ1) is 12.8. The van der Waals surface area contributed by atoms with E-state index in [2.05, 4.69) is 13.5 Å². The molecule has 0 aliphatic heterocycles. The summed E-state index contributed by atoms with van der Waals surface area (Å²) in [5, 5.41) is 0. The van der Waals surface area contributed by atoms with Gasteiger partial charge in [0.2, 0.25) is 0 Å². The minimum atomic E-state index is 0.129. The van der Waals surface area contributed by atoms with Crippen LogP contribution in [0.5, 0.6) is 5.75 Å². The van der Waals surface area contributed by atoms with E-state index >= 15 is 0 Å². The van der Waals surface area contributed by atoms with Crippen LogP contribution in [0.3, 0.4) is 0 Å². The third kappa shape index (κ3) is 4.07. The van der Waals surface area contributed by atoms with E-state index in [4.69, 9.17) is 10.5 Å². The molecule has 2 heteroatoms. The van der Waals surface area contributed by atoms with Crippen LogP contribution < -0.4 is 10.5 Å². The molecule has 0 fully saturated rings. The SMILES string of the molecule is C=C(C)CCOc1ccc([C@@H](N)CC)cc1. The Morgan fingerprint density at radius 1 is 1.38 bits per heavy atom. The van der Waals surface area contributed by atoms with Crippen LogP contribution in [0, 0.1) is 0 Å². The van der Waals surface area contributed by atoms with Gasteiger partial charge in [0.15, 0.2) is 0 Å². The van der Waals surface area contributed by atoms with Crippen molar-refractivity contribution in [2.45, 2.75) is 32.7 Å². The fraction of sp³-hybridized carbons (Fsp3) is 0.429. The van der Waals surface area contributed by atoms with Crippen LogP contribution >= 0.6 is 0 Å². The molecule has 1 rings (SSSR count). The maximum Gasteiger partial charge on any atom is 0.119 e. The minimum absolute atomic E-state index is 0.129. The van der Waals surface area contributed by atoms with E-state index in [1.54, 1.807) is 0 Å². The first-order valence-electron chi connectivity index (χ1n) is 5.76. The fourth-order valence-electron chi connectivity index (χ4n) is 1.39. The zero-order valence-electron chi connectivity index (χ0n) is 10.2. The Hall–Kier alpha value is -1.28. The largest absolute Gasteiger partial charge is 0.493 e. The predicted molar refractivity (Wildman–Crippen MR) is 68.6 cm³/mol. The summed E-state index contributed by atoms with van der Waals surface area (Å²) in [7, 11) is 0. The fourth-order valence-corrected chi connectivity index (χ4v) is 1.39. The van der Waals surface area contributed by atoms with Crippen molar-refractivity contribution in [3.05, 3.63) is 42.0 Å². The second-order valence-corrected chi connectivity index (χ2v) is 4.14. The number of nitrogens with two attached hydrogens (primary N) is 1. The van der Waals surface area contributed by atoms with Gasteiger partial charge in [0.05, 0.1) is 6.61 Å². The van der Waals surface area contributed by atoms with Gasteiger partial charge in [-0.3, -0.25) is 0 Å². The van der Waals surface area contributed by atoms with Crippen molar-refractivity contribution in [2.24, 2.45) is 5.73 Å². The molecule has 0 saturated heterocycles. The maximum absolute atomic E-state index is 5.93. The highest BCUT2D eigenvalue weighted by atomic mass is 16.5. The maximum atomic E-state index is 5.93. The average Bonchev–Trinajstić information content (AvgIpc) is 2.28.